The van der Waals surface area contributed by atoms with E-state index in [1.165, 1.54) is 20.8 Å². The van der Waals surface area contributed by atoms with Gasteiger partial charge < -0.3 is 25.2 Å². The van der Waals surface area contributed by atoms with Crippen LogP contribution in [-0.4, -0.2) is 46.6 Å². The van der Waals surface area contributed by atoms with Crippen LogP contribution >= 0.6 is 0 Å². The van der Waals surface area contributed by atoms with E-state index in [0.29, 0.717) is 6.54 Å². The van der Waals surface area contributed by atoms with Gasteiger partial charge in [-0.3, -0.25) is 19.2 Å². The van der Waals surface area contributed by atoms with Crippen molar-refractivity contribution >= 4 is 28.9 Å². The molecular weight excluding hydrogens is 488 g/mol. The van der Waals surface area contributed by atoms with Crippen LogP contribution in [0.1, 0.15) is 54.2 Å². The summed E-state index contributed by atoms with van der Waals surface area (Å²) < 4.78 is 5.78. The fraction of sp³-hybridized carbons (Fsp3) is 0.310. The fourth-order valence-corrected chi connectivity index (χ4v) is 5.55. The van der Waals surface area contributed by atoms with Gasteiger partial charge in [0.1, 0.15) is 34.0 Å². The quantitative estimate of drug-likeness (QED) is 0.321. The van der Waals surface area contributed by atoms with E-state index in [4.69, 9.17) is 4.74 Å². The first-order valence-corrected chi connectivity index (χ1v) is 12.4. The first-order valence-electron chi connectivity index (χ1n) is 12.4. The molecule has 0 aromatic heterocycles. The molecule has 1 aliphatic carbocycles. The second kappa shape index (κ2) is 8.86. The van der Waals surface area contributed by atoms with Gasteiger partial charge in [-0.25, -0.2) is 0 Å². The zero-order valence-corrected chi connectivity index (χ0v) is 21.6. The summed E-state index contributed by atoms with van der Waals surface area (Å²) in [4.78, 5) is 54.1. The van der Waals surface area contributed by atoms with Crippen LogP contribution in [0.25, 0.3) is 0 Å². The average molecular weight is 517 g/mol. The number of carbonyl (C=O) groups is 4. The van der Waals surface area contributed by atoms with Gasteiger partial charge in [-0.1, -0.05) is 18.2 Å². The number of ketones is 3. The third-order valence-corrected chi connectivity index (χ3v) is 7.68. The SMILES string of the molecule is CC(=O)c1c(O)c(C)c(O)c2c1OC1=CC(=O)/C(=C(/C)NCC(=O)N3CCCc4ccccc43)C(=O)[C@]12C. The highest BCUT2D eigenvalue weighted by Crippen LogP contribution is 2.57. The van der Waals surface area contributed by atoms with Gasteiger partial charge in [0.2, 0.25) is 5.91 Å². The van der Waals surface area contributed by atoms with Crippen molar-refractivity contribution in [3.8, 4) is 17.2 Å². The maximum Gasteiger partial charge on any atom is 0.246 e. The van der Waals surface area contributed by atoms with Gasteiger partial charge in [-0.05, 0) is 52.2 Å². The molecule has 2 aromatic carbocycles. The molecule has 1 amide bonds. The Balaban J connectivity index is 1.49. The van der Waals surface area contributed by atoms with Crippen molar-refractivity contribution < 1.29 is 34.1 Å². The lowest BCUT2D eigenvalue weighted by molar-refractivity contribution is -0.124. The van der Waals surface area contributed by atoms with E-state index in [0.717, 1.165) is 30.2 Å². The summed E-state index contributed by atoms with van der Waals surface area (Å²) in [7, 11) is 0. The average Bonchev–Trinajstić information content (AvgIpc) is 3.18. The Hall–Kier alpha value is -4.40. The maximum atomic E-state index is 13.9. The van der Waals surface area contributed by atoms with Crippen molar-refractivity contribution in [2.75, 3.05) is 18.0 Å². The monoisotopic (exact) mass is 516 g/mol. The zero-order valence-electron chi connectivity index (χ0n) is 21.6. The molecule has 0 radical (unpaired) electrons. The molecule has 0 unspecified atom stereocenters. The van der Waals surface area contributed by atoms with Crippen LogP contribution < -0.4 is 15.0 Å². The molecule has 1 atom stereocenters. The number of fused-ring (bicyclic) bond motifs is 4. The molecule has 3 aliphatic rings. The number of carbonyl (C=O) groups excluding carboxylic acids is 4. The van der Waals surface area contributed by atoms with Crippen molar-refractivity contribution in [3.05, 3.63) is 69.6 Å². The van der Waals surface area contributed by atoms with Crippen LogP contribution in [0.3, 0.4) is 0 Å². The highest BCUT2D eigenvalue weighted by Gasteiger charge is 2.56. The van der Waals surface area contributed by atoms with Gasteiger partial charge in [-0.15, -0.1) is 0 Å². The number of ether oxygens (including phenoxy) is 1. The molecule has 2 aliphatic heterocycles. The van der Waals surface area contributed by atoms with Crippen LogP contribution in [0.15, 0.2) is 47.4 Å². The number of nitrogens with zero attached hydrogens (tertiary/aromatic N) is 1. The highest BCUT2D eigenvalue weighted by molar-refractivity contribution is 6.31. The van der Waals surface area contributed by atoms with Crippen molar-refractivity contribution in [1.29, 1.82) is 0 Å². The number of amides is 1. The summed E-state index contributed by atoms with van der Waals surface area (Å²) in [6.45, 7) is 6.16. The minimum absolute atomic E-state index is 0.0213. The lowest BCUT2D eigenvalue weighted by Gasteiger charge is -2.30. The first kappa shape index (κ1) is 25.3. The van der Waals surface area contributed by atoms with Crippen molar-refractivity contribution in [2.45, 2.75) is 46.0 Å². The Labute approximate surface area is 219 Å². The van der Waals surface area contributed by atoms with Gasteiger partial charge in [0.25, 0.3) is 0 Å². The lowest BCUT2D eigenvalue weighted by Crippen LogP contribution is -2.43. The molecule has 5 rings (SSSR count). The summed E-state index contributed by atoms with van der Waals surface area (Å²) in [5.41, 5.74) is 0.265. The second-order valence-electron chi connectivity index (χ2n) is 10.0. The largest absolute Gasteiger partial charge is 0.507 e. The zero-order chi connectivity index (χ0) is 27.5. The summed E-state index contributed by atoms with van der Waals surface area (Å²) in [5, 5.41) is 24.4. The first-order chi connectivity index (χ1) is 18.0. The number of phenols is 2. The van der Waals surface area contributed by atoms with Gasteiger partial charge >= 0.3 is 0 Å². The summed E-state index contributed by atoms with van der Waals surface area (Å²) >= 11 is 0. The maximum absolute atomic E-state index is 13.9. The molecule has 0 saturated heterocycles. The number of phenolic OH excluding ortho intramolecular Hbond substituents is 2. The fourth-order valence-electron chi connectivity index (χ4n) is 5.55. The third-order valence-electron chi connectivity index (χ3n) is 7.68. The molecule has 38 heavy (non-hydrogen) atoms. The van der Waals surface area contributed by atoms with Crippen LogP contribution in [-0.2, 0) is 26.2 Å². The molecule has 0 bridgehead atoms. The number of para-hydroxylation sites is 1. The molecule has 2 heterocycles. The lowest BCUT2D eigenvalue weighted by atomic mass is 9.70. The van der Waals surface area contributed by atoms with E-state index in [1.54, 1.807) is 11.8 Å². The number of rotatable bonds is 4. The van der Waals surface area contributed by atoms with E-state index in [-0.39, 0.29) is 57.7 Å². The van der Waals surface area contributed by atoms with Crippen molar-refractivity contribution in [2.24, 2.45) is 0 Å². The number of aryl methyl sites for hydroxylation is 1. The molecule has 9 nitrogen and oxygen atoms in total. The standard InChI is InChI=1S/C29H28N2O7/c1-14-25(35)23(16(3)32)27-24(26(14)36)29(4)20(38-27)12-19(33)22(28(29)37)15(2)30-13-21(34)31-11-7-9-17-8-5-6-10-18(17)31/h5-6,8,10,12,30,35-36H,7,9,11,13H2,1-4H3/b22-15+/t29-/m1/s1. The van der Waals surface area contributed by atoms with Crippen molar-refractivity contribution in [1.82, 2.24) is 5.32 Å². The van der Waals surface area contributed by atoms with Crippen LogP contribution in [0.2, 0.25) is 0 Å². The molecule has 0 spiro atoms. The predicted molar refractivity (Wildman–Crippen MR) is 138 cm³/mol. The van der Waals surface area contributed by atoms with E-state index in [1.807, 2.05) is 24.3 Å². The smallest absolute Gasteiger partial charge is 0.246 e. The molecule has 0 fully saturated rings. The number of hydrogen-bond acceptors (Lipinski definition) is 8. The Bertz CT molecular complexity index is 1520. The van der Waals surface area contributed by atoms with Crippen LogP contribution in [0.4, 0.5) is 5.69 Å². The minimum Gasteiger partial charge on any atom is -0.507 e. The van der Waals surface area contributed by atoms with E-state index >= 15 is 0 Å². The molecule has 0 saturated carbocycles. The van der Waals surface area contributed by atoms with Crippen LogP contribution in [0, 0.1) is 6.92 Å². The Morgan fingerprint density at radius 1 is 1.13 bits per heavy atom. The number of hydrogen-bond donors (Lipinski definition) is 3. The number of Topliss-reactive ketones (excluding diaryl/α,β-unsaturated/α-hetero) is 2. The number of benzene rings is 2. The van der Waals surface area contributed by atoms with Crippen molar-refractivity contribution in [3.63, 3.8) is 0 Å². The van der Waals surface area contributed by atoms with E-state index in [2.05, 4.69) is 5.32 Å². The molecule has 9 heteroatoms. The minimum atomic E-state index is -1.61. The Morgan fingerprint density at radius 2 is 1.84 bits per heavy atom. The summed E-state index contributed by atoms with van der Waals surface area (Å²) in [5.74, 6) is -2.99. The van der Waals surface area contributed by atoms with Gasteiger partial charge in [0.05, 0.1) is 17.7 Å². The number of anilines is 1. The molecular formula is C29H28N2O7. The predicted octanol–water partition coefficient (Wildman–Crippen LogP) is 3.14. The normalized spacial score (nSPS) is 21.2. The Kier molecular flexibility index (Phi) is 5.89. The van der Waals surface area contributed by atoms with Gasteiger partial charge in [0, 0.05) is 29.6 Å². The van der Waals surface area contributed by atoms with Crippen LogP contribution in [0.5, 0.6) is 17.2 Å². The highest BCUT2D eigenvalue weighted by atomic mass is 16.5. The molecule has 3 N–H and O–H groups in total. The Morgan fingerprint density at radius 3 is 2.55 bits per heavy atom. The molecule has 2 aromatic rings. The second-order valence-corrected chi connectivity index (χ2v) is 10.0. The van der Waals surface area contributed by atoms with E-state index < -0.39 is 28.5 Å². The van der Waals surface area contributed by atoms with Gasteiger partial charge in [-0.2, -0.15) is 0 Å². The third kappa shape index (κ3) is 3.53. The number of allylic oxidation sites excluding steroid dienone is 4. The van der Waals surface area contributed by atoms with Gasteiger partial charge in [0.15, 0.2) is 17.3 Å². The summed E-state index contributed by atoms with van der Waals surface area (Å²) in [6.07, 6.45) is 2.89. The topological polar surface area (TPSA) is 133 Å². The molecule has 196 valence electrons. The summed E-state index contributed by atoms with van der Waals surface area (Å²) in [6, 6.07) is 7.71. The number of nitrogens with one attached hydrogen (secondary N) is 1. The number of aromatic hydroxyl groups is 2. The van der Waals surface area contributed by atoms with E-state index in [9.17, 15) is 29.4 Å².